The fraction of sp³-hybridized carbons (Fsp3) is 0.154. The fourth-order valence-corrected chi connectivity index (χ4v) is 5.71. The molecule has 6 rings (SSSR count). The Morgan fingerprint density at radius 3 is 2.41 bits per heavy atom. The zero-order chi connectivity index (χ0) is 23.6. The summed E-state index contributed by atoms with van der Waals surface area (Å²) in [7, 11) is 0. The Bertz CT molecular complexity index is 1390. The molecule has 0 N–H and O–H groups in total. The quantitative estimate of drug-likeness (QED) is 0.382. The van der Waals surface area contributed by atoms with Crippen molar-refractivity contribution in [3.05, 3.63) is 99.8 Å². The Morgan fingerprint density at radius 2 is 1.65 bits per heavy atom. The highest BCUT2D eigenvalue weighted by Gasteiger charge is 2.65. The van der Waals surface area contributed by atoms with Gasteiger partial charge in [0.15, 0.2) is 5.78 Å². The van der Waals surface area contributed by atoms with Crippen LogP contribution >= 0.6 is 15.9 Å². The van der Waals surface area contributed by atoms with Crippen molar-refractivity contribution in [3.8, 4) is 0 Å². The number of Topliss-reactive ketones (excluding diaryl/α,β-unsaturated/α-hetero) is 1. The Kier molecular flexibility index (Phi) is 4.74. The number of hydrogen-bond acceptors (Lipinski definition) is 5. The number of fused-ring (bicyclic) bond motifs is 5. The van der Waals surface area contributed by atoms with Gasteiger partial charge in [-0.1, -0.05) is 46.3 Å². The number of carbonyl (C=O) groups is 3. The molecule has 3 aliphatic rings. The molecule has 0 aliphatic carbocycles. The maximum absolute atomic E-state index is 13.8. The predicted octanol–water partition coefficient (Wildman–Crippen LogP) is 4.35. The van der Waals surface area contributed by atoms with E-state index in [0.717, 1.165) is 15.6 Å². The van der Waals surface area contributed by atoms with E-state index in [1.165, 1.54) is 29.2 Å². The van der Waals surface area contributed by atoms with Gasteiger partial charge in [0.1, 0.15) is 11.9 Å². The van der Waals surface area contributed by atoms with Gasteiger partial charge in [0.05, 0.1) is 29.8 Å². The standard InChI is InChI=1S/C26H17BrFN3O3/c27-16-5-3-6-18(12-16)30-25(33)20-21(26(30)34)23(24(32)14-8-10-17(28)11-9-14)31-22(20)19-7-2-1-4-15(19)13-29-31/h1-13,20-23H/t20-,21+,22?,23-/m1/s1. The molecule has 3 aromatic rings. The lowest BCUT2D eigenvalue weighted by molar-refractivity contribution is -0.124. The van der Waals surface area contributed by atoms with Gasteiger partial charge in [0.2, 0.25) is 11.8 Å². The van der Waals surface area contributed by atoms with Gasteiger partial charge in [-0.25, -0.2) is 9.29 Å². The van der Waals surface area contributed by atoms with Gasteiger partial charge in [-0.3, -0.25) is 19.4 Å². The highest BCUT2D eigenvalue weighted by atomic mass is 79.9. The average molecular weight is 518 g/mol. The summed E-state index contributed by atoms with van der Waals surface area (Å²) in [5.74, 6) is -3.32. The number of benzene rings is 3. The predicted molar refractivity (Wildman–Crippen MR) is 127 cm³/mol. The largest absolute Gasteiger partial charge is 0.292 e. The van der Waals surface area contributed by atoms with Crippen LogP contribution in [0.5, 0.6) is 0 Å². The van der Waals surface area contributed by atoms with Crippen LogP contribution < -0.4 is 4.90 Å². The third-order valence-corrected chi connectivity index (χ3v) is 7.25. The molecule has 0 radical (unpaired) electrons. The van der Waals surface area contributed by atoms with Crippen molar-refractivity contribution in [1.29, 1.82) is 0 Å². The maximum atomic E-state index is 13.8. The van der Waals surface area contributed by atoms with Crippen LogP contribution in [0.4, 0.5) is 10.1 Å². The molecule has 1 unspecified atom stereocenters. The Morgan fingerprint density at radius 1 is 0.912 bits per heavy atom. The molecular weight excluding hydrogens is 501 g/mol. The maximum Gasteiger partial charge on any atom is 0.240 e. The molecule has 0 spiro atoms. The zero-order valence-corrected chi connectivity index (χ0v) is 19.2. The summed E-state index contributed by atoms with van der Waals surface area (Å²) >= 11 is 3.40. The van der Waals surface area contributed by atoms with E-state index in [0.29, 0.717) is 5.69 Å². The zero-order valence-electron chi connectivity index (χ0n) is 17.6. The molecule has 3 aliphatic heterocycles. The molecule has 0 bridgehead atoms. The lowest BCUT2D eigenvalue weighted by Gasteiger charge is -2.33. The Hall–Kier alpha value is -3.65. The molecule has 3 heterocycles. The number of ketones is 1. The molecule has 34 heavy (non-hydrogen) atoms. The van der Waals surface area contributed by atoms with E-state index in [4.69, 9.17) is 0 Å². The number of hydrazone groups is 1. The number of carbonyl (C=O) groups excluding carboxylic acids is 3. The topological polar surface area (TPSA) is 70.0 Å². The van der Waals surface area contributed by atoms with Crippen LogP contribution in [-0.4, -0.2) is 34.9 Å². The molecule has 168 valence electrons. The minimum Gasteiger partial charge on any atom is -0.292 e. The van der Waals surface area contributed by atoms with Crippen molar-refractivity contribution in [2.45, 2.75) is 12.1 Å². The number of amides is 2. The van der Waals surface area contributed by atoms with Gasteiger partial charge in [-0.05, 0) is 53.6 Å². The van der Waals surface area contributed by atoms with Gasteiger partial charge < -0.3 is 0 Å². The van der Waals surface area contributed by atoms with Gasteiger partial charge in [0, 0.05) is 10.0 Å². The first-order valence-corrected chi connectivity index (χ1v) is 11.6. The molecule has 8 heteroatoms. The van der Waals surface area contributed by atoms with Gasteiger partial charge in [0.25, 0.3) is 0 Å². The van der Waals surface area contributed by atoms with Crippen molar-refractivity contribution in [2.75, 3.05) is 4.90 Å². The number of hydrogen-bond donors (Lipinski definition) is 0. The molecule has 0 saturated carbocycles. The van der Waals surface area contributed by atoms with E-state index in [-0.39, 0.29) is 17.3 Å². The fourth-order valence-electron chi connectivity index (χ4n) is 5.32. The first kappa shape index (κ1) is 20.9. The van der Waals surface area contributed by atoms with E-state index in [9.17, 15) is 18.8 Å². The molecule has 6 nitrogen and oxygen atoms in total. The van der Waals surface area contributed by atoms with E-state index < -0.39 is 35.6 Å². The van der Waals surface area contributed by atoms with Crippen molar-refractivity contribution in [1.82, 2.24) is 5.01 Å². The summed E-state index contributed by atoms with van der Waals surface area (Å²) in [5.41, 5.74) is 2.41. The second kappa shape index (κ2) is 7.70. The molecule has 2 fully saturated rings. The molecular formula is C26H17BrFN3O3. The van der Waals surface area contributed by atoms with Gasteiger partial charge >= 0.3 is 0 Å². The highest BCUT2D eigenvalue weighted by Crippen LogP contribution is 2.53. The highest BCUT2D eigenvalue weighted by molar-refractivity contribution is 9.10. The van der Waals surface area contributed by atoms with E-state index in [1.54, 1.807) is 29.4 Å². The number of nitrogens with zero attached hydrogens (tertiary/aromatic N) is 3. The van der Waals surface area contributed by atoms with Crippen LogP contribution in [0, 0.1) is 17.7 Å². The molecule has 3 aromatic carbocycles. The average Bonchev–Trinajstić information content (AvgIpc) is 3.31. The molecule has 0 aromatic heterocycles. The van der Waals surface area contributed by atoms with Crippen LogP contribution in [0.2, 0.25) is 0 Å². The monoisotopic (exact) mass is 517 g/mol. The minimum absolute atomic E-state index is 0.265. The number of anilines is 1. The Balaban J connectivity index is 1.50. The smallest absolute Gasteiger partial charge is 0.240 e. The summed E-state index contributed by atoms with van der Waals surface area (Å²) < 4.78 is 14.2. The van der Waals surface area contributed by atoms with E-state index >= 15 is 0 Å². The van der Waals surface area contributed by atoms with Crippen LogP contribution in [0.1, 0.15) is 27.5 Å². The summed E-state index contributed by atoms with van der Waals surface area (Å²) in [4.78, 5) is 42.4. The van der Waals surface area contributed by atoms with Gasteiger partial charge in [-0.2, -0.15) is 5.10 Å². The third-order valence-electron chi connectivity index (χ3n) is 6.76. The number of halogens is 2. The van der Waals surface area contributed by atoms with Crippen molar-refractivity contribution in [3.63, 3.8) is 0 Å². The summed E-state index contributed by atoms with van der Waals surface area (Å²) in [5, 5.41) is 6.12. The third kappa shape index (κ3) is 2.98. The van der Waals surface area contributed by atoms with E-state index in [2.05, 4.69) is 21.0 Å². The number of imide groups is 1. The second-order valence-corrected chi connectivity index (χ2v) is 9.47. The Labute approximate surface area is 202 Å². The van der Waals surface area contributed by atoms with E-state index in [1.807, 2.05) is 30.3 Å². The lowest BCUT2D eigenvalue weighted by Crippen LogP contribution is -2.44. The molecule has 4 atom stereocenters. The van der Waals surface area contributed by atoms with Crippen LogP contribution in [0.25, 0.3) is 0 Å². The van der Waals surface area contributed by atoms with Crippen molar-refractivity contribution in [2.24, 2.45) is 16.9 Å². The lowest BCUT2D eigenvalue weighted by atomic mass is 9.83. The van der Waals surface area contributed by atoms with Crippen LogP contribution in [-0.2, 0) is 9.59 Å². The SMILES string of the molecule is O=C(c1ccc(F)cc1)[C@H]1[C@H]2C(=O)N(c3cccc(Br)c3)C(=O)[C@H]2C2c3ccccc3C=NN21. The van der Waals surface area contributed by atoms with Crippen molar-refractivity contribution < 1.29 is 18.8 Å². The van der Waals surface area contributed by atoms with Crippen LogP contribution in [0.15, 0.2) is 82.4 Å². The molecule has 2 amide bonds. The second-order valence-electron chi connectivity index (χ2n) is 8.56. The summed E-state index contributed by atoms with van der Waals surface area (Å²) in [6.45, 7) is 0. The normalized spacial score (nSPS) is 24.8. The minimum atomic E-state index is -0.987. The van der Waals surface area contributed by atoms with Crippen molar-refractivity contribution >= 4 is 45.4 Å². The first-order valence-electron chi connectivity index (χ1n) is 10.8. The number of rotatable bonds is 3. The summed E-state index contributed by atoms with van der Waals surface area (Å²) in [6.07, 6.45) is 1.65. The van der Waals surface area contributed by atoms with Gasteiger partial charge in [-0.15, -0.1) is 0 Å². The first-order chi connectivity index (χ1) is 16.5. The van der Waals surface area contributed by atoms with Crippen LogP contribution in [0.3, 0.4) is 0 Å². The molecule has 2 saturated heterocycles. The summed E-state index contributed by atoms with van der Waals surface area (Å²) in [6, 6.07) is 18.2.